The van der Waals surface area contributed by atoms with Gasteiger partial charge in [-0.3, -0.25) is 4.68 Å². The molecule has 1 N–H and O–H groups in total. The van der Waals surface area contributed by atoms with Gasteiger partial charge in [-0.2, -0.15) is 5.10 Å². The van der Waals surface area contributed by atoms with Crippen LogP contribution < -0.4 is 5.32 Å². The summed E-state index contributed by atoms with van der Waals surface area (Å²) in [5.41, 5.74) is 0. The quantitative estimate of drug-likeness (QED) is 0.699. The number of dihydropyridines is 1. The van der Waals surface area contributed by atoms with E-state index in [4.69, 9.17) is 0 Å². The van der Waals surface area contributed by atoms with E-state index in [1.54, 1.807) is 6.20 Å². The van der Waals surface area contributed by atoms with Crippen molar-refractivity contribution < 1.29 is 0 Å². The first-order valence-corrected chi connectivity index (χ1v) is 4.02. The Bertz CT molecular complexity index is 285. The van der Waals surface area contributed by atoms with E-state index in [2.05, 4.69) is 16.5 Å². The molecule has 1 aliphatic heterocycles. The van der Waals surface area contributed by atoms with Gasteiger partial charge in [0.05, 0.1) is 12.6 Å². The van der Waals surface area contributed by atoms with Crippen LogP contribution in [0.4, 0.5) is 0 Å². The molecule has 1 atom stereocenters. The molecule has 1 aromatic heterocycles. The Labute approximate surface area is 71.4 Å². The highest BCUT2D eigenvalue weighted by atomic mass is 15.3. The third-order valence-electron chi connectivity index (χ3n) is 1.80. The van der Waals surface area contributed by atoms with Crippen molar-refractivity contribution in [2.24, 2.45) is 0 Å². The minimum absolute atomic E-state index is 0.370. The summed E-state index contributed by atoms with van der Waals surface area (Å²) >= 11 is 0. The van der Waals surface area contributed by atoms with Gasteiger partial charge in [0.2, 0.25) is 0 Å². The van der Waals surface area contributed by atoms with E-state index < -0.39 is 0 Å². The number of nitrogens with zero attached hydrogens (tertiary/aromatic N) is 2. The third-order valence-corrected chi connectivity index (χ3v) is 1.80. The molecule has 3 nitrogen and oxygen atoms in total. The van der Waals surface area contributed by atoms with E-state index in [1.807, 2.05) is 35.3 Å². The third kappa shape index (κ3) is 1.56. The number of hydrogen-bond donors (Lipinski definition) is 1. The SMILES string of the molecule is C1=CNC(Cn2cccn2)C=C1. The molecule has 0 aromatic carbocycles. The molecule has 1 aromatic rings. The van der Waals surface area contributed by atoms with Crippen molar-refractivity contribution >= 4 is 0 Å². The van der Waals surface area contributed by atoms with Crippen LogP contribution in [-0.4, -0.2) is 15.8 Å². The fourth-order valence-electron chi connectivity index (χ4n) is 1.21. The lowest BCUT2D eigenvalue weighted by Gasteiger charge is -2.15. The molecule has 2 heterocycles. The van der Waals surface area contributed by atoms with Gasteiger partial charge in [0.25, 0.3) is 0 Å². The summed E-state index contributed by atoms with van der Waals surface area (Å²) in [5, 5.41) is 7.36. The van der Waals surface area contributed by atoms with Gasteiger partial charge in [0.15, 0.2) is 0 Å². The summed E-state index contributed by atoms with van der Waals surface area (Å²) in [4.78, 5) is 0. The Kier molecular flexibility index (Phi) is 1.94. The fourth-order valence-corrected chi connectivity index (χ4v) is 1.21. The summed E-state index contributed by atoms with van der Waals surface area (Å²) in [6.07, 6.45) is 11.9. The fraction of sp³-hybridized carbons (Fsp3) is 0.222. The lowest BCUT2D eigenvalue weighted by Crippen LogP contribution is -2.28. The zero-order valence-corrected chi connectivity index (χ0v) is 6.72. The smallest absolute Gasteiger partial charge is 0.0647 e. The predicted octanol–water partition coefficient (Wildman–Crippen LogP) is 0.925. The highest BCUT2D eigenvalue weighted by molar-refractivity contribution is 5.11. The second-order valence-corrected chi connectivity index (χ2v) is 2.75. The molecule has 0 saturated carbocycles. The first kappa shape index (κ1) is 7.16. The molecule has 0 bridgehead atoms. The second kappa shape index (κ2) is 3.26. The highest BCUT2D eigenvalue weighted by Crippen LogP contribution is 1.97. The number of nitrogens with one attached hydrogen (secondary N) is 1. The van der Waals surface area contributed by atoms with Crippen LogP contribution in [0, 0.1) is 0 Å². The van der Waals surface area contributed by atoms with Gasteiger partial charge in [0.1, 0.15) is 0 Å². The van der Waals surface area contributed by atoms with Crippen LogP contribution in [-0.2, 0) is 6.54 Å². The van der Waals surface area contributed by atoms with Gasteiger partial charge >= 0.3 is 0 Å². The molecular formula is C9H11N3. The predicted molar refractivity (Wildman–Crippen MR) is 47.4 cm³/mol. The molecule has 0 radical (unpaired) electrons. The lowest BCUT2D eigenvalue weighted by molar-refractivity contribution is 0.525. The topological polar surface area (TPSA) is 29.9 Å². The standard InChI is InChI=1S/C9H11N3/c1-2-5-10-9(4-1)8-12-7-3-6-11-12/h1-7,9-10H,8H2. The largest absolute Gasteiger partial charge is 0.383 e. The molecule has 0 saturated heterocycles. The Morgan fingerprint density at radius 1 is 1.42 bits per heavy atom. The van der Waals surface area contributed by atoms with Crippen molar-refractivity contribution in [3.63, 3.8) is 0 Å². The zero-order chi connectivity index (χ0) is 8.23. The van der Waals surface area contributed by atoms with Crippen molar-refractivity contribution in [3.8, 4) is 0 Å². The molecule has 0 fully saturated rings. The normalized spacial score (nSPS) is 20.8. The van der Waals surface area contributed by atoms with Crippen molar-refractivity contribution in [1.82, 2.24) is 15.1 Å². The summed E-state index contributed by atoms with van der Waals surface area (Å²) in [6, 6.07) is 2.30. The van der Waals surface area contributed by atoms with Crippen LogP contribution in [0.3, 0.4) is 0 Å². The van der Waals surface area contributed by atoms with E-state index in [-0.39, 0.29) is 0 Å². The zero-order valence-electron chi connectivity index (χ0n) is 6.72. The molecule has 1 unspecified atom stereocenters. The average molecular weight is 161 g/mol. The van der Waals surface area contributed by atoms with Crippen molar-refractivity contribution in [3.05, 3.63) is 42.9 Å². The van der Waals surface area contributed by atoms with Gasteiger partial charge < -0.3 is 5.32 Å². The molecule has 1 aliphatic rings. The van der Waals surface area contributed by atoms with Crippen molar-refractivity contribution in [2.45, 2.75) is 12.6 Å². The maximum Gasteiger partial charge on any atom is 0.0647 e. The van der Waals surface area contributed by atoms with Gasteiger partial charge in [-0.05, 0) is 18.3 Å². The van der Waals surface area contributed by atoms with Crippen LogP contribution in [0.25, 0.3) is 0 Å². The van der Waals surface area contributed by atoms with Crippen LogP contribution in [0.1, 0.15) is 0 Å². The van der Waals surface area contributed by atoms with E-state index in [9.17, 15) is 0 Å². The van der Waals surface area contributed by atoms with Crippen LogP contribution >= 0.6 is 0 Å². The minimum atomic E-state index is 0.370. The highest BCUT2D eigenvalue weighted by Gasteiger charge is 2.03. The maximum atomic E-state index is 4.13. The van der Waals surface area contributed by atoms with E-state index in [0.29, 0.717) is 6.04 Å². The van der Waals surface area contributed by atoms with Gasteiger partial charge in [0, 0.05) is 12.4 Å². The summed E-state index contributed by atoms with van der Waals surface area (Å²) in [5.74, 6) is 0. The number of hydrogen-bond acceptors (Lipinski definition) is 2. The first-order valence-electron chi connectivity index (χ1n) is 4.02. The number of rotatable bonds is 2. The monoisotopic (exact) mass is 161 g/mol. The van der Waals surface area contributed by atoms with E-state index in [0.717, 1.165) is 6.54 Å². The van der Waals surface area contributed by atoms with Crippen LogP contribution in [0.5, 0.6) is 0 Å². The molecule has 0 amide bonds. The maximum absolute atomic E-state index is 4.13. The Morgan fingerprint density at radius 3 is 3.08 bits per heavy atom. The molecular weight excluding hydrogens is 150 g/mol. The summed E-state index contributed by atoms with van der Waals surface area (Å²) in [7, 11) is 0. The molecule has 0 aliphatic carbocycles. The van der Waals surface area contributed by atoms with Gasteiger partial charge in [-0.1, -0.05) is 12.2 Å². The first-order chi connectivity index (χ1) is 5.95. The average Bonchev–Trinajstić information content (AvgIpc) is 2.59. The second-order valence-electron chi connectivity index (χ2n) is 2.75. The Hall–Kier alpha value is -1.51. The summed E-state index contributed by atoms with van der Waals surface area (Å²) < 4.78 is 1.92. The Balaban J connectivity index is 1.96. The summed E-state index contributed by atoms with van der Waals surface area (Å²) in [6.45, 7) is 0.883. The number of aromatic nitrogens is 2. The molecule has 2 rings (SSSR count). The Morgan fingerprint density at radius 2 is 2.42 bits per heavy atom. The molecule has 12 heavy (non-hydrogen) atoms. The van der Waals surface area contributed by atoms with E-state index >= 15 is 0 Å². The van der Waals surface area contributed by atoms with E-state index in [1.165, 1.54) is 0 Å². The van der Waals surface area contributed by atoms with Crippen molar-refractivity contribution in [1.29, 1.82) is 0 Å². The molecule has 3 heteroatoms. The molecule has 0 spiro atoms. The number of allylic oxidation sites excluding steroid dienone is 2. The van der Waals surface area contributed by atoms with Crippen molar-refractivity contribution in [2.75, 3.05) is 0 Å². The van der Waals surface area contributed by atoms with Crippen LogP contribution in [0.15, 0.2) is 42.9 Å². The van der Waals surface area contributed by atoms with Gasteiger partial charge in [-0.25, -0.2) is 0 Å². The minimum Gasteiger partial charge on any atom is -0.383 e. The van der Waals surface area contributed by atoms with Gasteiger partial charge in [-0.15, -0.1) is 0 Å². The van der Waals surface area contributed by atoms with Crippen LogP contribution in [0.2, 0.25) is 0 Å². The molecule has 62 valence electrons. The lowest BCUT2D eigenvalue weighted by atomic mass is 10.2.